The van der Waals surface area contributed by atoms with Crippen LogP contribution in [0, 0.1) is 0 Å². The number of pyridine rings is 1. The largest absolute Gasteiger partial charge is 0.383 e. The SMILES string of the molecule is Cn1ncc2c(-c3nc(N)c4c(n3)NC(=O)C4(C)NC(=O)c3ccccn3)nc(CCC(F)(F)CF)nc21. The molecular formula is C23H21F3N10O2. The highest BCUT2D eigenvalue weighted by Gasteiger charge is 2.48. The molecular weight excluding hydrogens is 505 g/mol. The Kier molecular flexibility index (Phi) is 5.92. The average Bonchev–Trinajstić information content (AvgIpc) is 3.39. The molecule has 12 nitrogen and oxygen atoms in total. The Morgan fingerprint density at radius 2 is 2.03 bits per heavy atom. The van der Waals surface area contributed by atoms with Gasteiger partial charge in [-0.05, 0) is 19.1 Å². The first-order chi connectivity index (χ1) is 18.0. The van der Waals surface area contributed by atoms with Crippen molar-refractivity contribution in [3.8, 4) is 11.5 Å². The fraction of sp³-hybridized carbons (Fsp3) is 0.304. The van der Waals surface area contributed by atoms with Gasteiger partial charge in [0.05, 0.1) is 17.1 Å². The highest BCUT2D eigenvalue weighted by atomic mass is 19.3. The number of fused-ring (bicyclic) bond motifs is 2. The van der Waals surface area contributed by atoms with Gasteiger partial charge in [-0.15, -0.1) is 0 Å². The van der Waals surface area contributed by atoms with Gasteiger partial charge >= 0.3 is 0 Å². The van der Waals surface area contributed by atoms with Gasteiger partial charge < -0.3 is 16.4 Å². The Balaban J connectivity index is 1.55. The molecule has 4 aromatic heterocycles. The van der Waals surface area contributed by atoms with E-state index in [1.807, 2.05) is 0 Å². The smallest absolute Gasteiger partial charge is 0.276 e. The number of carbonyl (C=O) groups is 2. The van der Waals surface area contributed by atoms with Crippen LogP contribution in [0.2, 0.25) is 0 Å². The van der Waals surface area contributed by atoms with Crippen LogP contribution in [0.4, 0.5) is 24.8 Å². The number of aromatic nitrogens is 7. The molecule has 0 spiro atoms. The summed E-state index contributed by atoms with van der Waals surface area (Å²) in [5.74, 6) is -4.83. The van der Waals surface area contributed by atoms with Crippen molar-refractivity contribution in [3.05, 3.63) is 47.7 Å². The molecule has 0 bridgehead atoms. The first kappa shape index (κ1) is 25.0. The van der Waals surface area contributed by atoms with E-state index < -0.39 is 36.4 Å². The number of aryl methyl sites for hydroxylation is 2. The zero-order valence-electron chi connectivity index (χ0n) is 20.2. The van der Waals surface area contributed by atoms with Crippen LogP contribution in [0.3, 0.4) is 0 Å². The third-order valence-electron chi connectivity index (χ3n) is 6.14. The number of amides is 2. The number of alkyl halides is 3. The zero-order valence-corrected chi connectivity index (χ0v) is 20.2. The average molecular weight is 526 g/mol. The van der Waals surface area contributed by atoms with Gasteiger partial charge in [-0.25, -0.2) is 33.1 Å². The fourth-order valence-corrected chi connectivity index (χ4v) is 4.13. The molecule has 0 radical (unpaired) electrons. The monoisotopic (exact) mass is 526 g/mol. The molecule has 0 fully saturated rings. The van der Waals surface area contributed by atoms with Gasteiger partial charge in [0.1, 0.15) is 34.4 Å². The van der Waals surface area contributed by atoms with Crippen LogP contribution in [0.25, 0.3) is 22.6 Å². The van der Waals surface area contributed by atoms with Crippen molar-refractivity contribution in [2.45, 2.75) is 31.2 Å². The third kappa shape index (κ3) is 4.25. The predicted molar refractivity (Wildman–Crippen MR) is 129 cm³/mol. The second-order valence-corrected chi connectivity index (χ2v) is 8.89. The molecule has 1 aliphatic rings. The number of halogens is 3. The summed E-state index contributed by atoms with van der Waals surface area (Å²) >= 11 is 0. The lowest BCUT2D eigenvalue weighted by Gasteiger charge is -2.24. The lowest BCUT2D eigenvalue weighted by molar-refractivity contribution is -0.121. The van der Waals surface area contributed by atoms with Gasteiger partial charge in [-0.1, -0.05) is 6.07 Å². The van der Waals surface area contributed by atoms with Crippen molar-refractivity contribution >= 4 is 34.5 Å². The molecule has 38 heavy (non-hydrogen) atoms. The van der Waals surface area contributed by atoms with Crippen molar-refractivity contribution in [3.63, 3.8) is 0 Å². The fourth-order valence-electron chi connectivity index (χ4n) is 4.13. The summed E-state index contributed by atoms with van der Waals surface area (Å²) in [4.78, 5) is 47.1. The van der Waals surface area contributed by atoms with Gasteiger partial charge in [-0.3, -0.25) is 19.3 Å². The summed E-state index contributed by atoms with van der Waals surface area (Å²) < 4.78 is 41.1. The lowest BCUT2D eigenvalue weighted by atomic mass is 9.94. The van der Waals surface area contributed by atoms with Gasteiger partial charge in [-0.2, -0.15) is 5.10 Å². The molecule has 1 atom stereocenters. The van der Waals surface area contributed by atoms with Crippen LogP contribution >= 0.6 is 0 Å². The molecule has 5 rings (SSSR count). The summed E-state index contributed by atoms with van der Waals surface area (Å²) in [5.41, 5.74) is 5.35. The number of nitrogens with two attached hydrogens (primary N) is 1. The van der Waals surface area contributed by atoms with Crippen molar-refractivity contribution in [1.29, 1.82) is 0 Å². The van der Waals surface area contributed by atoms with E-state index in [1.54, 1.807) is 19.2 Å². The topological polar surface area (TPSA) is 166 Å². The highest BCUT2D eigenvalue weighted by Crippen LogP contribution is 2.39. The second-order valence-electron chi connectivity index (χ2n) is 8.89. The van der Waals surface area contributed by atoms with E-state index in [0.29, 0.717) is 11.0 Å². The lowest BCUT2D eigenvalue weighted by Crippen LogP contribution is -2.49. The van der Waals surface area contributed by atoms with Gasteiger partial charge in [0, 0.05) is 26.1 Å². The van der Waals surface area contributed by atoms with E-state index in [2.05, 4.69) is 40.7 Å². The molecule has 1 aliphatic heterocycles. The van der Waals surface area contributed by atoms with E-state index in [4.69, 9.17) is 5.73 Å². The Morgan fingerprint density at radius 1 is 1.24 bits per heavy atom. The molecule has 15 heteroatoms. The standard InChI is InChI=1S/C23H21F3N10O2/c1-22(35-20(37)12-5-3-4-8-28-12)14-16(27)32-18(33-17(14)34-21(22)38)15-11-9-29-36(2)19(11)31-13(30-15)6-7-23(25,26)10-24/h3-5,8-9H,6-7,10H2,1-2H3,(H,35,37)(H3,27,32,33,34,38). The van der Waals surface area contributed by atoms with Crippen LogP contribution in [-0.4, -0.2) is 59.1 Å². The van der Waals surface area contributed by atoms with E-state index in [-0.39, 0.29) is 46.7 Å². The molecule has 0 saturated heterocycles. The molecule has 0 aromatic carbocycles. The maximum absolute atomic E-state index is 13.5. The molecule has 4 aromatic rings. The minimum absolute atomic E-state index is 0.00314. The Bertz CT molecular complexity index is 1580. The van der Waals surface area contributed by atoms with Crippen LogP contribution < -0.4 is 16.4 Å². The third-order valence-corrected chi connectivity index (χ3v) is 6.14. The van der Waals surface area contributed by atoms with Crippen LogP contribution in [0.15, 0.2) is 30.6 Å². The normalized spacial score (nSPS) is 16.9. The van der Waals surface area contributed by atoms with Gasteiger partial charge in [0.2, 0.25) is 0 Å². The van der Waals surface area contributed by atoms with Crippen molar-refractivity contribution in [1.82, 2.24) is 40.0 Å². The summed E-state index contributed by atoms with van der Waals surface area (Å²) in [5, 5.41) is 9.79. The minimum Gasteiger partial charge on any atom is -0.383 e. The van der Waals surface area contributed by atoms with Gasteiger partial charge in [0.25, 0.3) is 17.7 Å². The van der Waals surface area contributed by atoms with E-state index in [0.717, 1.165) is 0 Å². The van der Waals surface area contributed by atoms with E-state index in [9.17, 15) is 22.8 Å². The molecule has 5 heterocycles. The van der Waals surface area contributed by atoms with Crippen LogP contribution in [-0.2, 0) is 23.8 Å². The highest BCUT2D eigenvalue weighted by molar-refractivity contribution is 6.09. The number of anilines is 2. The number of carbonyl (C=O) groups excluding carboxylic acids is 2. The van der Waals surface area contributed by atoms with Crippen LogP contribution in [0.1, 0.15) is 35.2 Å². The van der Waals surface area contributed by atoms with Crippen molar-refractivity contribution < 1.29 is 22.8 Å². The number of rotatable bonds is 7. The second kappa shape index (κ2) is 9.00. The van der Waals surface area contributed by atoms with Crippen molar-refractivity contribution in [2.24, 2.45) is 7.05 Å². The molecule has 1 unspecified atom stereocenters. The van der Waals surface area contributed by atoms with Crippen molar-refractivity contribution in [2.75, 3.05) is 17.7 Å². The van der Waals surface area contributed by atoms with Gasteiger partial charge in [0.15, 0.2) is 18.1 Å². The summed E-state index contributed by atoms with van der Waals surface area (Å²) in [6, 6.07) is 4.77. The number of nitrogen functional groups attached to an aromatic ring is 1. The maximum Gasteiger partial charge on any atom is 0.276 e. The molecule has 0 saturated carbocycles. The number of hydrogen-bond donors (Lipinski definition) is 3. The predicted octanol–water partition coefficient (Wildman–Crippen LogP) is 1.93. The number of nitrogens with one attached hydrogen (secondary N) is 2. The molecule has 196 valence electrons. The zero-order chi connectivity index (χ0) is 27.2. The summed E-state index contributed by atoms with van der Waals surface area (Å²) in [7, 11) is 1.60. The maximum atomic E-state index is 13.5. The Morgan fingerprint density at radius 3 is 2.74 bits per heavy atom. The number of nitrogens with zero attached hydrogens (tertiary/aromatic N) is 7. The quantitative estimate of drug-likeness (QED) is 0.326. The minimum atomic E-state index is -3.52. The summed E-state index contributed by atoms with van der Waals surface area (Å²) in [6.45, 7) is -0.338. The first-order valence-electron chi connectivity index (χ1n) is 11.4. The summed E-state index contributed by atoms with van der Waals surface area (Å²) in [6.07, 6.45) is 1.77. The Hall–Kier alpha value is -4.69. The number of hydrogen-bond acceptors (Lipinski definition) is 9. The van der Waals surface area contributed by atoms with E-state index >= 15 is 0 Å². The molecule has 4 N–H and O–H groups in total. The first-order valence-corrected chi connectivity index (χ1v) is 11.4. The van der Waals surface area contributed by atoms with E-state index in [1.165, 1.54) is 30.1 Å². The molecule has 0 aliphatic carbocycles. The molecule has 2 amide bonds. The van der Waals surface area contributed by atoms with Crippen LogP contribution in [0.5, 0.6) is 0 Å². The Labute approximate surface area is 212 Å².